The molecular formula is C19H18ClN3O2S. The molecule has 1 aliphatic rings. The predicted octanol–water partition coefficient (Wildman–Crippen LogP) is 3.90. The van der Waals surface area contributed by atoms with Crippen molar-refractivity contribution in [2.24, 2.45) is 4.99 Å². The number of benzene rings is 2. The number of aromatic nitrogens is 1. The molecule has 1 unspecified atom stereocenters. The molecule has 134 valence electrons. The maximum absolute atomic E-state index is 13.2. The van der Waals surface area contributed by atoms with Gasteiger partial charge in [0.05, 0.1) is 28.8 Å². The van der Waals surface area contributed by atoms with Crippen LogP contribution in [0, 0.1) is 6.92 Å². The van der Waals surface area contributed by atoms with Gasteiger partial charge in [0, 0.05) is 22.2 Å². The fourth-order valence-electron chi connectivity index (χ4n) is 3.30. The Kier molecular flexibility index (Phi) is 4.04. The Bertz CT molecular complexity index is 1150. The van der Waals surface area contributed by atoms with Crippen molar-refractivity contribution in [3.8, 4) is 0 Å². The number of aryl methyl sites for hydroxylation is 1. The van der Waals surface area contributed by atoms with Gasteiger partial charge < -0.3 is 5.32 Å². The molecule has 26 heavy (non-hydrogen) atoms. The number of halogens is 1. The van der Waals surface area contributed by atoms with Gasteiger partial charge in [0.1, 0.15) is 0 Å². The number of nitrogens with one attached hydrogen (secondary N) is 1. The van der Waals surface area contributed by atoms with Crippen LogP contribution in [-0.4, -0.2) is 24.8 Å². The van der Waals surface area contributed by atoms with Crippen molar-refractivity contribution in [1.29, 1.82) is 0 Å². The maximum Gasteiger partial charge on any atom is 0.268 e. The van der Waals surface area contributed by atoms with Gasteiger partial charge >= 0.3 is 0 Å². The molecule has 1 N–H and O–H groups in total. The van der Waals surface area contributed by atoms with E-state index in [-0.39, 0.29) is 10.9 Å². The highest BCUT2D eigenvalue weighted by atomic mass is 35.5. The third kappa shape index (κ3) is 2.79. The second kappa shape index (κ2) is 6.14. The Morgan fingerprint density at radius 1 is 1.19 bits per heavy atom. The lowest BCUT2D eigenvalue weighted by Crippen LogP contribution is -2.20. The summed E-state index contributed by atoms with van der Waals surface area (Å²) in [5.74, 6) is 0.862. The predicted molar refractivity (Wildman–Crippen MR) is 105 cm³/mol. The van der Waals surface area contributed by atoms with E-state index in [1.165, 1.54) is 10.0 Å². The summed E-state index contributed by atoms with van der Waals surface area (Å²) >= 11 is 6.00. The maximum atomic E-state index is 13.2. The number of nitrogens with zero attached hydrogens (tertiary/aromatic N) is 2. The summed E-state index contributed by atoms with van der Waals surface area (Å²) in [5, 5.41) is 4.62. The lowest BCUT2D eigenvalue weighted by Gasteiger charge is -2.09. The van der Waals surface area contributed by atoms with Crippen molar-refractivity contribution in [3.05, 3.63) is 64.8 Å². The van der Waals surface area contributed by atoms with E-state index < -0.39 is 10.0 Å². The highest BCUT2D eigenvalue weighted by Gasteiger charge is 2.26. The summed E-state index contributed by atoms with van der Waals surface area (Å²) < 4.78 is 27.8. The van der Waals surface area contributed by atoms with Crippen molar-refractivity contribution in [2.45, 2.75) is 24.8 Å². The number of fused-ring (bicyclic) bond motifs is 1. The van der Waals surface area contributed by atoms with Gasteiger partial charge in [0.25, 0.3) is 10.0 Å². The van der Waals surface area contributed by atoms with Gasteiger partial charge in [-0.3, -0.25) is 4.99 Å². The Labute approximate surface area is 157 Å². The quantitative estimate of drug-likeness (QED) is 0.741. The van der Waals surface area contributed by atoms with Crippen LogP contribution in [0.25, 0.3) is 10.9 Å². The Balaban J connectivity index is 1.93. The van der Waals surface area contributed by atoms with E-state index in [0.29, 0.717) is 17.1 Å². The third-order valence-corrected chi connectivity index (χ3v) is 6.48. The Morgan fingerprint density at radius 3 is 2.69 bits per heavy atom. The smallest absolute Gasteiger partial charge is 0.268 e. The van der Waals surface area contributed by atoms with E-state index in [1.54, 1.807) is 24.4 Å². The molecule has 0 aliphatic carbocycles. The fourth-order valence-corrected chi connectivity index (χ4v) is 4.98. The first-order chi connectivity index (χ1) is 12.4. The highest BCUT2D eigenvalue weighted by molar-refractivity contribution is 7.90. The van der Waals surface area contributed by atoms with Crippen LogP contribution in [0.5, 0.6) is 0 Å². The molecule has 0 amide bonds. The van der Waals surface area contributed by atoms with Crippen molar-refractivity contribution in [3.63, 3.8) is 0 Å². The number of hydrogen-bond acceptors (Lipinski definition) is 4. The number of amidine groups is 1. The van der Waals surface area contributed by atoms with Crippen molar-refractivity contribution in [1.82, 2.24) is 9.29 Å². The number of aliphatic imine (C=N–C) groups is 1. The van der Waals surface area contributed by atoms with Crippen molar-refractivity contribution >= 4 is 38.4 Å². The van der Waals surface area contributed by atoms with Crippen molar-refractivity contribution < 1.29 is 8.42 Å². The molecule has 2 aromatic carbocycles. The minimum atomic E-state index is -3.76. The summed E-state index contributed by atoms with van der Waals surface area (Å²) in [6.45, 7) is 4.50. The molecule has 0 fully saturated rings. The molecular weight excluding hydrogens is 370 g/mol. The summed E-state index contributed by atoms with van der Waals surface area (Å²) in [6, 6.07) is 12.1. The molecule has 4 rings (SSSR count). The van der Waals surface area contributed by atoms with Crippen LogP contribution in [0.1, 0.15) is 24.1 Å². The van der Waals surface area contributed by atoms with Crippen LogP contribution in [-0.2, 0) is 10.0 Å². The molecule has 0 radical (unpaired) electrons. The molecule has 0 bridgehead atoms. The molecule has 0 spiro atoms. The van der Waals surface area contributed by atoms with E-state index in [1.807, 2.05) is 32.0 Å². The summed E-state index contributed by atoms with van der Waals surface area (Å²) in [7, 11) is -3.76. The van der Waals surface area contributed by atoms with E-state index in [0.717, 1.165) is 22.3 Å². The molecule has 0 saturated heterocycles. The number of rotatable bonds is 3. The zero-order valence-corrected chi connectivity index (χ0v) is 16.0. The van der Waals surface area contributed by atoms with Crippen LogP contribution in [0.3, 0.4) is 0 Å². The average Bonchev–Trinajstić information content (AvgIpc) is 3.18. The van der Waals surface area contributed by atoms with E-state index in [2.05, 4.69) is 10.3 Å². The molecule has 3 aromatic rings. The van der Waals surface area contributed by atoms with Gasteiger partial charge in [-0.15, -0.1) is 0 Å². The molecule has 1 atom stereocenters. The van der Waals surface area contributed by atoms with Crippen LogP contribution in [0.4, 0.5) is 0 Å². The lowest BCUT2D eigenvalue weighted by atomic mass is 10.0. The fraction of sp³-hybridized carbons (Fsp3) is 0.211. The molecule has 0 saturated carbocycles. The summed E-state index contributed by atoms with van der Waals surface area (Å²) in [4.78, 5) is 4.56. The number of hydrogen-bond donors (Lipinski definition) is 1. The summed E-state index contributed by atoms with van der Waals surface area (Å²) in [5.41, 5.74) is 2.65. The van der Waals surface area contributed by atoms with Gasteiger partial charge in [0.15, 0.2) is 0 Å². The second-order valence-electron chi connectivity index (χ2n) is 6.49. The van der Waals surface area contributed by atoms with Crippen LogP contribution in [0.15, 0.2) is 58.5 Å². The normalized spacial score (nSPS) is 17.3. The monoisotopic (exact) mass is 387 g/mol. The first-order valence-electron chi connectivity index (χ1n) is 8.26. The van der Waals surface area contributed by atoms with Gasteiger partial charge in [-0.1, -0.05) is 29.3 Å². The molecule has 7 heteroatoms. The van der Waals surface area contributed by atoms with Crippen molar-refractivity contribution in [2.75, 3.05) is 6.54 Å². The topological polar surface area (TPSA) is 63.5 Å². The first-order valence-corrected chi connectivity index (χ1v) is 10.1. The summed E-state index contributed by atoms with van der Waals surface area (Å²) in [6.07, 6.45) is 1.70. The molecule has 2 heterocycles. The second-order valence-corrected chi connectivity index (χ2v) is 8.74. The van der Waals surface area contributed by atoms with Gasteiger partial charge in [-0.05, 0) is 44.2 Å². The Morgan fingerprint density at radius 2 is 2.00 bits per heavy atom. The van der Waals surface area contributed by atoms with E-state index in [4.69, 9.17) is 11.6 Å². The van der Waals surface area contributed by atoms with E-state index in [9.17, 15) is 8.42 Å². The average molecular weight is 388 g/mol. The Hall–Kier alpha value is -2.31. The van der Waals surface area contributed by atoms with E-state index >= 15 is 0 Å². The van der Waals surface area contributed by atoms with Crippen LogP contribution in [0.2, 0.25) is 5.02 Å². The van der Waals surface area contributed by atoms with Gasteiger partial charge in [0.2, 0.25) is 0 Å². The third-order valence-electron chi connectivity index (χ3n) is 4.58. The first kappa shape index (κ1) is 17.1. The minimum Gasteiger partial charge on any atom is -0.365 e. The lowest BCUT2D eigenvalue weighted by molar-refractivity contribution is 0.588. The SMILES string of the molecule is CC1=NCC(c2cn(S(=O)(=O)c3cccc(Cl)c3)c3ccc(C)cc23)N1. The van der Waals surface area contributed by atoms with Crippen LogP contribution < -0.4 is 5.32 Å². The largest absolute Gasteiger partial charge is 0.365 e. The standard InChI is InChI=1S/C19H18ClN3O2S/c1-12-6-7-19-16(8-12)17(18-10-21-13(2)22-18)11-23(19)26(24,25)15-5-3-4-14(20)9-15/h3-9,11,18H,10H2,1-2H3,(H,21,22). The molecule has 5 nitrogen and oxygen atoms in total. The van der Waals surface area contributed by atoms with Gasteiger partial charge in [-0.25, -0.2) is 12.4 Å². The zero-order chi connectivity index (χ0) is 18.5. The molecule has 1 aromatic heterocycles. The zero-order valence-electron chi connectivity index (χ0n) is 14.4. The minimum absolute atomic E-state index is 0.0323. The molecule has 1 aliphatic heterocycles. The van der Waals surface area contributed by atoms with Gasteiger partial charge in [-0.2, -0.15) is 0 Å². The van der Waals surface area contributed by atoms with Crippen LogP contribution >= 0.6 is 11.6 Å². The highest BCUT2D eigenvalue weighted by Crippen LogP contribution is 2.32.